The molecule has 1 aromatic carbocycles. The van der Waals surface area contributed by atoms with E-state index >= 15 is 0 Å². The summed E-state index contributed by atoms with van der Waals surface area (Å²) < 4.78 is 0. The van der Waals surface area contributed by atoms with Gasteiger partial charge in [0.2, 0.25) is 0 Å². The van der Waals surface area contributed by atoms with Gasteiger partial charge in [0.05, 0.1) is 0 Å². The summed E-state index contributed by atoms with van der Waals surface area (Å²) in [7, 11) is 0. The highest BCUT2D eigenvalue weighted by Crippen LogP contribution is 2.23. The van der Waals surface area contributed by atoms with Gasteiger partial charge in [-0.05, 0) is 48.9 Å². The minimum atomic E-state index is -1.01. The number of hydrogen-bond acceptors (Lipinski definition) is 3. The summed E-state index contributed by atoms with van der Waals surface area (Å²) >= 11 is 0. The van der Waals surface area contributed by atoms with Gasteiger partial charge in [-0.2, -0.15) is 0 Å². The van der Waals surface area contributed by atoms with E-state index in [0.29, 0.717) is 0 Å². The van der Waals surface area contributed by atoms with Crippen LogP contribution in [0.15, 0.2) is 18.2 Å². The Hall–Kier alpha value is -2.04. The molecular weight excluding hydrogens is 438 g/mol. The SMILES string of the molecule is CCCCCCCCCCc1cc(CCCCCCCCCC)cc(N(CC(=O)O)CC(=O)O)c1. The van der Waals surface area contributed by atoms with Crippen molar-refractivity contribution in [3.63, 3.8) is 0 Å². The molecule has 0 amide bonds. The molecule has 0 saturated carbocycles. The lowest BCUT2D eigenvalue weighted by molar-refractivity contribution is -0.136. The van der Waals surface area contributed by atoms with Crippen LogP contribution in [-0.4, -0.2) is 35.2 Å². The standard InChI is InChI=1S/C30H51NO4/c1-3-5-7-9-11-13-15-17-19-26-21-27(20-18-16-14-12-10-8-6-4-2)23-28(22-26)31(24-29(32)33)25-30(34)35/h21-23H,3-20,24-25H2,1-2H3,(H,32,33)(H,34,35). The van der Waals surface area contributed by atoms with Crippen LogP contribution in [0.2, 0.25) is 0 Å². The Morgan fingerprint density at radius 1 is 0.571 bits per heavy atom. The number of hydrogen-bond donors (Lipinski definition) is 2. The van der Waals surface area contributed by atoms with E-state index in [0.717, 1.165) is 31.4 Å². The molecule has 2 N–H and O–H groups in total. The minimum Gasteiger partial charge on any atom is -0.480 e. The fourth-order valence-corrected chi connectivity index (χ4v) is 4.71. The molecule has 0 radical (unpaired) electrons. The summed E-state index contributed by atoms with van der Waals surface area (Å²) in [5, 5.41) is 18.6. The quantitative estimate of drug-likeness (QED) is 0.152. The van der Waals surface area contributed by atoms with E-state index in [1.54, 1.807) is 0 Å². The summed E-state index contributed by atoms with van der Waals surface area (Å²) in [5.41, 5.74) is 3.12. The highest BCUT2D eigenvalue weighted by molar-refractivity contribution is 5.79. The monoisotopic (exact) mass is 489 g/mol. The largest absolute Gasteiger partial charge is 0.480 e. The number of aliphatic carboxylic acids is 2. The van der Waals surface area contributed by atoms with Crippen molar-refractivity contribution < 1.29 is 19.8 Å². The number of carbonyl (C=O) groups is 2. The second-order valence-electron chi connectivity index (χ2n) is 10.1. The van der Waals surface area contributed by atoms with Crippen molar-refractivity contribution >= 4 is 17.6 Å². The molecule has 0 aliphatic heterocycles. The maximum atomic E-state index is 11.4. The number of nitrogens with zero attached hydrogens (tertiary/aromatic N) is 1. The van der Waals surface area contributed by atoms with Crippen molar-refractivity contribution in [1.29, 1.82) is 0 Å². The third-order valence-electron chi connectivity index (χ3n) is 6.69. The van der Waals surface area contributed by atoms with Crippen LogP contribution in [0.25, 0.3) is 0 Å². The Balaban J connectivity index is 2.70. The highest BCUT2D eigenvalue weighted by atomic mass is 16.4. The number of benzene rings is 1. The fraction of sp³-hybridized carbons (Fsp3) is 0.733. The summed E-state index contributed by atoms with van der Waals surface area (Å²) in [4.78, 5) is 24.2. The zero-order chi connectivity index (χ0) is 25.7. The van der Waals surface area contributed by atoms with Crippen molar-refractivity contribution in [1.82, 2.24) is 0 Å². The molecule has 5 nitrogen and oxygen atoms in total. The molecule has 1 aromatic rings. The van der Waals surface area contributed by atoms with Crippen LogP contribution in [0.1, 0.15) is 128 Å². The molecule has 0 aromatic heterocycles. The van der Waals surface area contributed by atoms with Gasteiger partial charge in [-0.15, -0.1) is 0 Å². The third kappa shape index (κ3) is 16.3. The second kappa shape index (κ2) is 20.2. The van der Waals surface area contributed by atoms with E-state index in [1.807, 2.05) is 12.1 Å². The first-order chi connectivity index (χ1) is 17.0. The molecule has 0 saturated heterocycles. The van der Waals surface area contributed by atoms with Crippen molar-refractivity contribution in [3.05, 3.63) is 29.3 Å². The Morgan fingerprint density at radius 2 is 0.914 bits per heavy atom. The van der Waals surface area contributed by atoms with Gasteiger partial charge in [0, 0.05) is 5.69 Å². The van der Waals surface area contributed by atoms with Gasteiger partial charge in [-0.3, -0.25) is 9.59 Å². The first-order valence-corrected chi connectivity index (χ1v) is 14.3. The minimum absolute atomic E-state index is 0.301. The molecule has 35 heavy (non-hydrogen) atoms. The average molecular weight is 490 g/mol. The van der Waals surface area contributed by atoms with Crippen molar-refractivity contribution in [2.45, 2.75) is 129 Å². The maximum Gasteiger partial charge on any atom is 0.323 e. The average Bonchev–Trinajstić information content (AvgIpc) is 2.81. The lowest BCUT2D eigenvalue weighted by Gasteiger charge is -2.22. The number of carboxylic acids is 2. The third-order valence-corrected chi connectivity index (χ3v) is 6.69. The van der Waals surface area contributed by atoms with Gasteiger partial charge in [-0.25, -0.2) is 0 Å². The van der Waals surface area contributed by atoms with Gasteiger partial charge in [-0.1, -0.05) is 110 Å². The first-order valence-electron chi connectivity index (χ1n) is 14.3. The topological polar surface area (TPSA) is 77.8 Å². The summed E-state index contributed by atoms with van der Waals surface area (Å²) in [5.74, 6) is -2.02. The van der Waals surface area contributed by atoms with E-state index in [2.05, 4.69) is 19.9 Å². The lowest BCUT2D eigenvalue weighted by atomic mass is 9.98. The van der Waals surface area contributed by atoms with E-state index < -0.39 is 11.9 Å². The van der Waals surface area contributed by atoms with Crippen LogP contribution in [-0.2, 0) is 22.4 Å². The predicted molar refractivity (Wildman–Crippen MR) is 147 cm³/mol. The van der Waals surface area contributed by atoms with Crippen LogP contribution < -0.4 is 4.90 Å². The van der Waals surface area contributed by atoms with E-state index in [9.17, 15) is 19.8 Å². The van der Waals surface area contributed by atoms with Crippen LogP contribution in [0.3, 0.4) is 0 Å². The normalized spacial score (nSPS) is 11.0. The molecule has 0 spiro atoms. The molecule has 200 valence electrons. The maximum absolute atomic E-state index is 11.4. The molecular formula is C30H51NO4. The Bertz CT molecular complexity index is 649. The van der Waals surface area contributed by atoms with E-state index in [4.69, 9.17) is 0 Å². The van der Waals surface area contributed by atoms with Gasteiger partial charge in [0.1, 0.15) is 13.1 Å². The number of anilines is 1. The smallest absolute Gasteiger partial charge is 0.323 e. The lowest BCUT2D eigenvalue weighted by Crippen LogP contribution is -2.34. The Morgan fingerprint density at radius 3 is 1.26 bits per heavy atom. The highest BCUT2D eigenvalue weighted by Gasteiger charge is 2.16. The molecule has 0 fully saturated rings. The van der Waals surface area contributed by atoms with Crippen LogP contribution in [0, 0.1) is 0 Å². The molecule has 0 aliphatic rings. The van der Waals surface area contributed by atoms with Gasteiger partial charge >= 0.3 is 11.9 Å². The zero-order valence-corrected chi connectivity index (χ0v) is 22.5. The summed E-state index contributed by atoms with van der Waals surface area (Å²) in [6, 6.07) is 6.26. The van der Waals surface area contributed by atoms with Gasteiger partial charge in [0.25, 0.3) is 0 Å². The van der Waals surface area contributed by atoms with Crippen LogP contribution in [0.5, 0.6) is 0 Å². The summed E-state index contributed by atoms with van der Waals surface area (Å²) in [6.07, 6.45) is 22.2. The Labute approximate surface area is 214 Å². The van der Waals surface area contributed by atoms with E-state index in [-0.39, 0.29) is 13.1 Å². The predicted octanol–water partition coefficient (Wildman–Crippen LogP) is 8.03. The number of unbranched alkanes of at least 4 members (excludes halogenated alkanes) is 14. The van der Waals surface area contributed by atoms with Gasteiger partial charge in [0.15, 0.2) is 0 Å². The number of rotatable bonds is 23. The number of aryl methyl sites for hydroxylation is 2. The molecule has 0 aliphatic carbocycles. The first kappa shape index (κ1) is 31.0. The molecule has 5 heteroatoms. The Kier molecular flexibility index (Phi) is 17.9. The van der Waals surface area contributed by atoms with Crippen molar-refractivity contribution in [3.8, 4) is 0 Å². The van der Waals surface area contributed by atoms with E-state index in [1.165, 1.54) is 106 Å². The molecule has 0 atom stereocenters. The molecule has 0 bridgehead atoms. The van der Waals surface area contributed by atoms with Crippen molar-refractivity contribution in [2.75, 3.05) is 18.0 Å². The molecule has 1 rings (SSSR count). The number of carboxylic acid groups (broad SMARTS) is 2. The second-order valence-corrected chi connectivity index (χ2v) is 10.1. The molecule has 0 unspecified atom stereocenters. The van der Waals surface area contributed by atoms with Crippen molar-refractivity contribution in [2.24, 2.45) is 0 Å². The zero-order valence-electron chi connectivity index (χ0n) is 22.5. The fourth-order valence-electron chi connectivity index (χ4n) is 4.71. The summed E-state index contributed by atoms with van der Waals surface area (Å²) in [6.45, 7) is 3.88. The molecule has 0 heterocycles. The van der Waals surface area contributed by atoms with Gasteiger partial charge < -0.3 is 15.1 Å². The van der Waals surface area contributed by atoms with Crippen LogP contribution >= 0.6 is 0 Å². The van der Waals surface area contributed by atoms with Crippen LogP contribution in [0.4, 0.5) is 5.69 Å².